The highest BCUT2D eigenvalue weighted by Crippen LogP contribution is 2.17. The van der Waals surface area contributed by atoms with Gasteiger partial charge >= 0.3 is 0 Å². The van der Waals surface area contributed by atoms with Crippen LogP contribution in [0.15, 0.2) is 4.99 Å². The Morgan fingerprint density at radius 1 is 1.08 bits per heavy atom. The van der Waals surface area contributed by atoms with Gasteiger partial charge in [-0.15, -0.1) is 24.0 Å². The van der Waals surface area contributed by atoms with Crippen LogP contribution in [0.5, 0.6) is 0 Å². The number of halogens is 1. The van der Waals surface area contributed by atoms with E-state index in [0.29, 0.717) is 6.04 Å². The second-order valence-corrected chi connectivity index (χ2v) is 7.26. The van der Waals surface area contributed by atoms with Crippen molar-refractivity contribution in [2.45, 2.75) is 57.4 Å². The van der Waals surface area contributed by atoms with Crippen LogP contribution >= 0.6 is 24.0 Å². The Morgan fingerprint density at radius 3 is 2.36 bits per heavy atom. The molecule has 2 fully saturated rings. The van der Waals surface area contributed by atoms with Gasteiger partial charge in [0, 0.05) is 33.2 Å². The third-order valence-corrected chi connectivity index (χ3v) is 4.99. The summed E-state index contributed by atoms with van der Waals surface area (Å²) < 4.78 is 0. The first-order valence-corrected chi connectivity index (χ1v) is 9.62. The Bertz CT molecular complexity index is 404. The molecule has 1 aliphatic carbocycles. The maximum absolute atomic E-state index is 11.8. The monoisotopic (exact) mass is 465 g/mol. The first-order valence-electron chi connectivity index (χ1n) is 9.62. The summed E-state index contributed by atoms with van der Waals surface area (Å²) in [7, 11) is 3.55. The van der Waals surface area contributed by atoms with Crippen molar-refractivity contribution in [3.63, 3.8) is 0 Å². The number of nitrogens with one attached hydrogen (secondary N) is 2. The number of amides is 1. The topological polar surface area (TPSA) is 60.0 Å². The zero-order valence-electron chi connectivity index (χ0n) is 15.9. The van der Waals surface area contributed by atoms with Crippen LogP contribution in [-0.2, 0) is 4.79 Å². The predicted octanol–water partition coefficient (Wildman–Crippen LogP) is 2.05. The molecule has 1 saturated carbocycles. The normalized spacial score (nSPS) is 19.8. The summed E-state index contributed by atoms with van der Waals surface area (Å²) in [6, 6.07) is 0.495. The number of likely N-dealkylation sites (tertiary alicyclic amines) is 1. The average Bonchev–Trinajstić information content (AvgIpc) is 2.61. The largest absolute Gasteiger partial charge is 0.355 e. The lowest BCUT2D eigenvalue weighted by Crippen LogP contribution is -2.47. The van der Waals surface area contributed by atoms with Crippen LogP contribution in [0.3, 0.4) is 0 Å². The molecule has 1 aliphatic heterocycles. The number of hydrogen-bond donors (Lipinski definition) is 2. The van der Waals surface area contributed by atoms with Gasteiger partial charge < -0.3 is 20.4 Å². The predicted molar refractivity (Wildman–Crippen MR) is 115 cm³/mol. The molecule has 2 aliphatic rings. The molecule has 0 atom stereocenters. The van der Waals surface area contributed by atoms with E-state index < -0.39 is 0 Å². The molecule has 25 heavy (non-hydrogen) atoms. The molecule has 0 unspecified atom stereocenters. The molecular weight excluding hydrogens is 429 g/mol. The van der Waals surface area contributed by atoms with Gasteiger partial charge in [0.25, 0.3) is 0 Å². The van der Waals surface area contributed by atoms with E-state index in [-0.39, 0.29) is 36.4 Å². The molecule has 0 aromatic heterocycles. The van der Waals surface area contributed by atoms with Gasteiger partial charge in [-0.3, -0.25) is 4.79 Å². The molecule has 0 aromatic carbocycles. The second-order valence-electron chi connectivity index (χ2n) is 7.26. The molecular formula is C18H36IN5O. The standard InChI is InChI=1S/C18H35N5O.HI/c1-22(2)17(24)15-20-18(21-16-9-5-3-6-10-16)19-11-14-23-12-7-4-8-13-23;/h16H,3-15H2,1-2H3,(H2,19,20,21);1H. The third-order valence-electron chi connectivity index (χ3n) is 4.99. The number of piperidine rings is 1. The van der Waals surface area contributed by atoms with Gasteiger partial charge in [-0.2, -0.15) is 0 Å². The number of nitrogens with zero attached hydrogens (tertiary/aromatic N) is 3. The van der Waals surface area contributed by atoms with Crippen molar-refractivity contribution >= 4 is 35.8 Å². The van der Waals surface area contributed by atoms with E-state index in [9.17, 15) is 4.79 Å². The first-order chi connectivity index (χ1) is 11.6. The zero-order valence-corrected chi connectivity index (χ0v) is 18.3. The van der Waals surface area contributed by atoms with E-state index in [2.05, 4.69) is 20.5 Å². The molecule has 2 rings (SSSR count). The Labute approximate surface area is 170 Å². The summed E-state index contributed by atoms with van der Waals surface area (Å²) in [6.45, 7) is 4.56. The molecule has 2 N–H and O–H groups in total. The number of hydrogen-bond acceptors (Lipinski definition) is 3. The van der Waals surface area contributed by atoms with Crippen molar-refractivity contribution in [2.75, 3.05) is 46.8 Å². The molecule has 1 amide bonds. The van der Waals surface area contributed by atoms with Crippen molar-refractivity contribution < 1.29 is 4.79 Å². The molecule has 6 nitrogen and oxygen atoms in total. The minimum atomic E-state index is 0. The smallest absolute Gasteiger partial charge is 0.243 e. The number of carbonyl (C=O) groups excluding carboxylic acids is 1. The van der Waals surface area contributed by atoms with Gasteiger partial charge in [0.05, 0.1) is 0 Å². The van der Waals surface area contributed by atoms with E-state index in [4.69, 9.17) is 0 Å². The third kappa shape index (κ3) is 9.08. The highest BCUT2D eigenvalue weighted by atomic mass is 127. The Hall–Kier alpha value is -0.570. The fourth-order valence-corrected chi connectivity index (χ4v) is 3.40. The number of carbonyl (C=O) groups is 1. The minimum absolute atomic E-state index is 0. The van der Waals surface area contributed by atoms with Gasteiger partial charge in [-0.1, -0.05) is 25.7 Å². The van der Waals surface area contributed by atoms with Gasteiger partial charge in [-0.25, -0.2) is 4.99 Å². The maximum atomic E-state index is 11.8. The number of guanidine groups is 1. The van der Waals surface area contributed by atoms with Crippen LogP contribution in [0.1, 0.15) is 51.4 Å². The fourth-order valence-electron chi connectivity index (χ4n) is 3.40. The summed E-state index contributed by atoms with van der Waals surface area (Å²) >= 11 is 0. The number of rotatable bonds is 6. The van der Waals surface area contributed by atoms with Crippen molar-refractivity contribution in [2.24, 2.45) is 4.99 Å². The lowest BCUT2D eigenvalue weighted by molar-refractivity contribution is -0.127. The van der Waals surface area contributed by atoms with Gasteiger partial charge in [0.2, 0.25) is 5.91 Å². The number of aliphatic imine (C=N–C) groups is 1. The van der Waals surface area contributed by atoms with Gasteiger partial charge in [0.1, 0.15) is 6.54 Å². The SMILES string of the molecule is CN(C)C(=O)CN=C(NCCN1CCCCC1)NC1CCCCC1.I. The van der Waals surface area contributed by atoms with Crippen LogP contribution in [-0.4, -0.2) is 74.5 Å². The van der Waals surface area contributed by atoms with E-state index >= 15 is 0 Å². The first kappa shape index (κ1) is 22.5. The van der Waals surface area contributed by atoms with Gasteiger partial charge in [0.15, 0.2) is 5.96 Å². The maximum Gasteiger partial charge on any atom is 0.243 e. The summed E-state index contributed by atoms with van der Waals surface area (Å²) in [5.74, 6) is 0.838. The second kappa shape index (κ2) is 12.7. The molecule has 0 bridgehead atoms. The molecule has 1 saturated heterocycles. The van der Waals surface area contributed by atoms with Crippen LogP contribution < -0.4 is 10.6 Å². The van der Waals surface area contributed by atoms with E-state index in [0.717, 1.165) is 19.0 Å². The van der Waals surface area contributed by atoms with Crippen LogP contribution in [0.2, 0.25) is 0 Å². The minimum Gasteiger partial charge on any atom is -0.355 e. The molecule has 146 valence electrons. The van der Waals surface area contributed by atoms with Crippen molar-refractivity contribution in [3.05, 3.63) is 0 Å². The van der Waals surface area contributed by atoms with E-state index in [1.807, 2.05) is 0 Å². The molecule has 0 spiro atoms. The molecule has 0 aromatic rings. The van der Waals surface area contributed by atoms with Crippen molar-refractivity contribution in [1.29, 1.82) is 0 Å². The molecule has 0 radical (unpaired) electrons. The average molecular weight is 465 g/mol. The lowest BCUT2D eigenvalue weighted by atomic mass is 9.96. The zero-order chi connectivity index (χ0) is 17.2. The van der Waals surface area contributed by atoms with Crippen LogP contribution in [0.25, 0.3) is 0 Å². The van der Waals surface area contributed by atoms with Crippen molar-refractivity contribution in [3.8, 4) is 0 Å². The van der Waals surface area contributed by atoms with Crippen LogP contribution in [0.4, 0.5) is 0 Å². The van der Waals surface area contributed by atoms with Gasteiger partial charge in [-0.05, 0) is 38.8 Å². The summed E-state index contributed by atoms with van der Waals surface area (Å²) in [6.07, 6.45) is 10.3. The summed E-state index contributed by atoms with van der Waals surface area (Å²) in [5, 5.41) is 6.97. The summed E-state index contributed by atoms with van der Waals surface area (Å²) in [5.41, 5.74) is 0. The van der Waals surface area contributed by atoms with Crippen molar-refractivity contribution in [1.82, 2.24) is 20.4 Å². The molecule has 1 heterocycles. The summed E-state index contributed by atoms with van der Waals surface area (Å²) in [4.78, 5) is 20.4. The number of likely N-dealkylation sites (N-methyl/N-ethyl adjacent to an activating group) is 1. The van der Waals surface area contributed by atoms with E-state index in [1.165, 1.54) is 64.5 Å². The van der Waals surface area contributed by atoms with Crippen LogP contribution in [0, 0.1) is 0 Å². The Morgan fingerprint density at radius 2 is 1.72 bits per heavy atom. The molecule has 7 heteroatoms. The Kier molecular flexibility index (Phi) is 11.4. The Balaban J connectivity index is 0.00000312. The quantitative estimate of drug-likeness (QED) is 0.358. The highest BCUT2D eigenvalue weighted by molar-refractivity contribution is 14.0. The lowest BCUT2D eigenvalue weighted by Gasteiger charge is -2.28. The van der Waals surface area contributed by atoms with E-state index in [1.54, 1.807) is 19.0 Å². The fraction of sp³-hybridized carbons (Fsp3) is 0.889. The highest BCUT2D eigenvalue weighted by Gasteiger charge is 2.15.